The first-order valence-electron chi connectivity index (χ1n) is 10.1. The van der Waals surface area contributed by atoms with E-state index in [9.17, 15) is 34.7 Å². The topological polar surface area (TPSA) is 157 Å². The molecular formula is C20H22N4O8. The maximum Gasteiger partial charge on any atom is 0.333 e. The van der Waals surface area contributed by atoms with E-state index in [2.05, 4.69) is 0 Å². The van der Waals surface area contributed by atoms with Gasteiger partial charge in [-0.1, -0.05) is 0 Å². The third kappa shape index (κ3) is 3.72. The summed E-state index contributed by atoms with van der Waals surface area (Å²) in [6.45, 7) is 0.836. The predicted octanol–water partition coefficient (Wildman–Crippen LogP) is -0.543. The van der Waals surface area contributed by atoms with Gasteiger partial charge in [0, 0.05) is 42.5 Å². The summed E-state index contributed by atoms with van der Waals surface area (Å²) in [5.41, 5.74) is -0.108. The van der Waals surface area contributed by atoms with Crippen molar-refractivity contribution in [2.24, 2.45) is 0 Å². The molecule has 1 fully saturated rings. The fourth-order valence-electron chi connectivity index (χ4n) is 4.14. The zero-order valence-electron chi connectivity index (χ0n) is 17.2. The Kier molecular flexibility index (Phi) is 5.67. The second-order valence-corrected chi connectivity index (χ2v) is 7.87. The number of aromatic nitrogens is 2. The van der Waals surface area contributed by atoms with Crippen LogP contribution in [0.4, 0.5) is 11.4 Å². The van der Waals surface area contributed by atoms with Gasteiger partial charge in [-0.3, -0.25) is 28.8 Å². The number of hydrogen-bond donors (Lipinski definition) is 2. The molecule has 12 heteroatoms. The first-order chi connectivity index (χ1) is 15.2. The summed E-state index contributed by atoms with van der Waals surface area (Å²) in [6.07, 6.45) is -0.916. The van der Waals surface area contributed by atoms with Gasteiger partial charge in [0.15, 0.2) is 0 Å². The molecule has 1 amide bonds. The van der Waals surface area contributed by atoms with Gasteiger partial charge in [0.05, 0.1) is 17.6 Å². The SMILES string of the molecule is Cc1cn([C@@H]2C[C@@H](O)[C@H](CO)O2)c(=O)n(CC(=O)N2CCc3cc([N+](=O)[O-])ccc32)c1=O. The van der Waals surface area contributed by atoms with Crippen molar-refractivity contribution in [1.29, 1.82) is 0 Å². The Balaban J connectivity index is 1.63. The van der Waals surface area contributed by atoms with Crippen molar-refractivity contribution in [3.8, 4) is 0 Å². The number of aliphatic hydroxyl groups is 2. The average Bonchev–Trinajstić information content (AvgIpc) is 3.36. The number of aryl methyl sites for hydroxylation is 1. The first-order valence-corrected chi connectivity index (χ1v) is 10.1. The number of carbonyl (C=O) groups is 1. The normalized spacial score (nSPS) is 22.2. The van der Waals surface area contributed by atoms with E-state index in [-0.39, 0.29) is 24.2 Å². The minimum atomic E-state index is -0.968. The van der Waals surface area contributed by atoms with Crippen LogP contribution in [0.2, 0.25) is 0 Å². The molecule has 0 unspecified atom stereocenters. The molecule has 1 aromatic carbocycles. The molecule has 0 aliphatic carbocycles. The van der Waals surface area contributed by atoms with Crippen LogP contribution < -0.4 is 16.1 Å². The Morgan fingerprint density at radius 2 is 2.09 bits per heavy atom. The molecule has 0 bridgehead atoms. The number of nitrogens with zero attached hydrogens (tertiary/aromatic N) is 4. The smallest absolute Gasteiger partial charge is 0.333 e. The van der Waals surface area contributed by atoms with Crippen LogP contribution in [0.15, 0.2) is 34.0 Å². The Bertz CT molecular complexity index is 1200. The molecule has 170 valence electrons. The molecule has 0 radical (unpaired) electrons. The summed E-state index contributed by atoms with van der Waals surface area (Å²) in [5.74, 6) is -0.505. The van der Waals surface area contributed by atoms with Crippen LogP contribution in [0.25, 0.3) is 0 Å². The Morgan fingerprint density at radius 3 is 2.75 bits per heavy atom. The third-order valence-electron chi connectivity index (χ3n) is 5.83. The summed E-state index contributed by atoms with van der Waals surface area (Å²) < 4.78 is 7.47. The van der Waals surface area contributed by atoms with Gasteiger partial charge in [0.1, 0.15) is 18.9 Å². The minimum Gasteiger partial charge on any atom is -0.394 e. The van der Waals surface area contributed by atoms with Crippen LogP contribution in [0.3, 0.4) is 0 Å². The lowest BCUT2D eigenvalue weighted by atomic mass is 10.1. The number of non-ortho nitro benzene ring substituents is 1. The van der Waals surface area contributed by atoms with Gasteiger partial charge < -0.3 is 19.8 Å². The van der Waals surface area contributed by atoms with Crippen molar-refractivity contribution >= 4 is 17.3 Å². The standard InChI is InChI=1S/C20H22N4O8/c1-11-8-22(18-7-15(26)16(10-25)32-18)20(29)23(19(11)28)9-17(27)21-5-4-12-6-13(24(30)31)2-3-14(12)21/h2-3,6,8,15-16,18,25-26H,4-5,7,9-10H2,1H3/t15-,16+,18+/m1/s1. The van der Waals surface area contributed by atoms with Crippen molar-refractivity contribution in [2.75, 3.05) is 18.1 Å². The number of benzene rings is 1. The summed E-state index contributed by atoms with van der Waals surface area (Å²) >= 11 is 0. The van der Waals surface area contributed by atoms with Gasteiger partial charge in [-0.2, -0.15) is 0 Å². The van der Waals surface area contributed by atoms with Crippen molar-refractivity contribution in [3.63, 3.8) is 0 Å². The number of hydrogen-bond acceptors (Lipinski definition) is 8. The Labute approximate surface area is 181 Å². The molecule has 2 aromatic rings. The summed E-state index contributed by atoms with van der Waals surface area (Å²) in [6, 6.07) is 4.20. The lowest BCUT2D eigenvalue weighted by molar-refractivity contribution is -0.384. The van der Waals surface area contributed by atoms with Crippen LogP contribution in [0.5, 0.6) is 0 Å². The second kappa shape index (κ2) is 8.30. The number of ether oxygens (including phenoxy) is 1. The molecule has 2 N–H and O–H groups in total. The van der Waals surface area contributed by atoms with Gasteiger partial charge in [0.25, 0.3) is 11.2 Å². The number of amides is 1. The number of rotatable bonds is 5. The van der Waals surface area contributed by atoms with Crippen molar-refractivity contribution in [2.45, 2.75) is 44.7 Å². The highest BCUT2D eigenvalue weighted by molar-refractivity contribution is 5.95. The molecule has 1 aromatic heterocycles. The molecule has 2 aliphatic heterocycles. The van der Waals surface area contributed by atoms with Crippen LogP contribution >= 0.6 is 0 Å². The van der Waals surface area contributed by atoms with E-state index in [4.69, 9.17) is 4.74 Å². The van der Waals surface area contributed by atoms with E-state index >= 15 is 0 Å². The molecule has 3 atom stereocenters. The van der Waals surface area contributed by atoms with Gasteiger partial charge in [-0.25, -0.2) is 4.79 Å². The van der Waals surface area contributed by atoms with Gasteiger partial charge in [-0.15, -0.1) is 0 Å². The maximum absolute atomic E-state index is 13.0. The van der Waals surface area contributed by atoms with Gasteiger partial charge in [0.2, 0.25) is 5.91 Å². The Morgan fingerprint density at radius 1 is 1.34 bits per heavy atom. The van der Waals surface area contributed by atoms with Gasteiger partial charge >= 0.3 is 5.69 Å². The molecule has 4 rings (SSSR count). The molecule has 32 heavy (non-hydrogen) atoms. The number of nitro groups is 1. The largest absolute Gasteiger partial charge is 0.394 e. The van der Waals surface area contributed by atoms with Crippen molar-refractivity contribution < 1.29 is 24.7 Å². The third-order valence-corrected chi connectivity index (χ3v) is 5.83. The molecule has 1 saturated heterocycles. The predicted molar refractivity (Wildman–Crippen MR) is 110 cm³/mol. The minimum absolute atomic E-state index is 0.0506. The average molecular weight is 446 g/mol. The molecule has 0 spiro atoms. The molecular weight excluding hydrogens is 424 g/mol. The zero-order chi connectivity index (χ0) is 23.2. The lowest BCUT2D eigenvalue weighted by Crippen LogP contribution is -2.46. The number of carbonyl (C=O) groups excluding carboxylic acids is 1. The molecule has 12 nitrogen and oxygen atoms in total. The Hall–Kier alpha value is -3.35. The van der Waals surface area contributed by atoms with Gasteiger partial charge in [-0.05, 0) is 25.0 Å². The fraction of sp³-hybridized carbons (Fsp3) is 0.450. The van der Waals surface area contributed by atoms with Crippen LogP contribution in [-0.4, -0.2) is 55.5 Å². The first kappa shape index (κ1) is 21.9. The number of aliphatic hydroxyl groups excluding tert-OH is 2. The van der Waals surface area contributed by atoms with E-state index in [1.807, 2.05) is 0 Å². The monoisotopic (exact) mass is 446 g/mol. The van der Waals surface area contributed by atoms with E-state index < -0.39 is 53.7 Å². The highest BCUT2D eigenvalue weighted by Gasteiger charge is 2.36. The zero-order valence-corrected chi connectivity index (χ0v) is 17.2. The molecule has 3 heterocycles. The summed E-state index contributed by atoms with van der Waals surface area (Å²) in [4.78, 5) is 50.5. The van der Waals surface area contributed by atoms with E-state index in [1.54, 1.807) is 0 Å². The number of nitro benzene ring substituents is 1. The van der Waals surface area contributed by atoms with Crippen LogP contribution in [0, 0.1) is 17.0 Å². The van der Waals surface area contributed by atoms with Crippen molar-refractivity contribution in [3.05, 3.63) is 66.5 Å². The summed E-state index contributed by atoms with van der Waals surface area (Å²) in [7, 11) is 0. The van der Waals surface area contributed by atoms with Crippen LogP contribution in [0.1, 0.15) is 23.8 Å². The fourth-order valence-corrected chi connectivity index (χ4v) is 4.14. The van der Waals surface area contributed by atoms with E-state index in [0.29, 0.717) is 17.7 Å². The second-order valence-electron chi connectivity index (χ2n) is 7.87. The molecule has 0 saturated carbocycles. The summed E-state index contributed by atoms with van der Waals surface area (Å²) in [5, 5.41) is 30.2. The highest BCUT2D eigenvalue weighted by atomic mass is 16.6. The lowest BCUT2D eigenvalue weighted by Gasteiger charge is -2.20. The maximum atomic E-state index is 13.0. The molecule has 2 aliphatic rings. The quantitative estimate of drug-likeness (QED) is 0.458. The number of anilines is 1. The highest BCUT2D eigenvalue weighted by Crippen LogP contribution is 2.31. The van der Waals surface area contributed by atoms with E-state index in [0.717, 1.165) is 9.13 Å². The van der Waals surface area contributed by atoms with Crippen molar-refractivity contribution in [1.82, 2.24) is 9.13 Å². The van der Waals surface area contributed by atoms with Crippen LogP contribution in [-0.2, 0) is 22.5 Å². The number of fused-ring (bicyclic) bond motifs is 1. The van der Waals surface area contributed by atoms with E-state index in [1.165, 1.54) is 36.2 Å².